The average Bonchev–Trinajstić information content (AvgIpc) is 3.06. The lowest BCUT2D eigenvalue weighted by Gasteiger charge is -2.19. The van der Waals surface area contributed by atoms with Crippen molar-refractivity contribution in [2.24, 2.45) is 0 Å². The zero-order valence-corrected chi connectivity index (χ0v) is 14.6. The third-order valence-corrected chi connectivity index (χ3v) is 5.89. The molecule has 1 aliphatic rings. The molecule has 0 radical (unpaired) electrons. The summed E-state index contributed by atoms with van der Waals surface area (Å²) in [5.74, 6) is -0.125. The highest BCUT2D eigenvalue weighted by atomic mass is 32.2. The summed E-state index contributed by atoms with van der Waals surface area (Å²) in [7, 11) is -3.45. The predicted octanol–water partition coefficient (Wildman–Crippen LogP) is 1.88. The van der Waals surface area contributed by atoms with Gasteiger partial charge in [0, 0.05) is 19.6 Å². The Hall–Kier alpha value is -2.54. The van der Waals surface area contributed by atoms with E-state index < -0.39 is 10.0 Å². The van der Waals surface area contributed by atoms with Crippen molar-refractivity contribution >= 4 is 21.7 Å². The van der Waals surface area contributed by atoms with Gasteiger partial charge in [0.15, 0.2) is 0 Å². The summed E-state index contributed by atoms with van der Waals surface area (Å²) in [5, 5.41) is 5.31. The SMILES string of the molecule is O=C(NCCS(=O)(=O)N1CCc2ccccc21)NCc1ccccc1. The van der Waals surface area contributed by atoms with E-state index >= 15 is 0 Å². The zero-order chi connectivity index (χ0) is 17.7. The second kappa shape index (κ2) is 7.57. The lowest BCUT2D eigenvalue weighted by Crippen LogP contribution is -2.40. The van der Waals surface area contributed by atoms with Crippen LogP contribution in [0.2, 0.25) is 0 Å². The maximum absolute atomic E-state index is 12.5. The highest BCUT2D eigenvalue weighted by molar-refractivity contribution is 7.92. The minimum absolute atomic E-state index is 0.0711. The standard InChI is InChI=1S/C18H21N3O3S/c22-18(20-14-15-6-2-1-3-7-15)19-11-13-25(23,24)21-12-10-16-8-4-5-9-17(16)21/h1-9H,10-14H2,(H2,19,20,22). The number of fused-ring (bicyclic) bond motifs is 1. The van der Waals surface area contributed by atoms with Crippen molar-refractivity contribution in [2.45, 2.75) is 13.0 Å². The fraction of sp³-hybridized carbons (Fsp3) is 0.278. The fourth-order valence-electron chi connectivity index (χ4n) is 2.84. The fourth-order valence-corrected chi connectivity index (χ4v) is 4.27. The summed E-state index contributed by atoms with van der Waals surface area (Å²) in [6, 6.07) is 16.7. The average molecular weight is 359 g/mol. The number of anilines is 1. The van der Waals surface area contributed by atoms with E-state index in [0.717, 1.165) is 23.2 Å². The van der Waals surface area contributed by atoms with Gasteiger partial charge in [-0.05, 0) is 23.6 Å². The second-order valence-corrected chi connectivity index (χ2v) is 7.87. The smallest absolute Gasteiger partial charge is 0.315 e. The van der Waals surface area contributed by atoms with Crippen LogP contribution in [0, 0.1) is 0 Å². The van der Waals surface area contributed by atoms with Crippen LogP contribution in [0.15, 0.2) is 54.6 Å². The first kappa shape index (κ1) is 17.3. The Morgan fingerprint density at radius 3 is 2.52 bits per heavy atom. The largest absolute Gasteiger partial charge is 0.337 e. The molecule has 0 aliphatic carbocycles. The Bertz CT molecular complexity index is 838. The van der Waals surface area contributed by atoms with Crippen LogP contribution in [0.1, 0.15) is 11.1 Å². The molecule has 1 aliphatic heterocycles. The summed E-state index contributed by atoms with van der Waals surface area (Å²) in [6.45, 7) is 0.933. The molecule has 2 aromatic carbocycles. The molecule has 25 heavy (non-hydrogen) atoms. The molecule has 0 saturated carbocycles. The van der Waals surface area contributed by atoms with Gasteiger partial charge in [0.2, 0.25) is 10.0 Å². The Labute approximate surface area is 147 Å². The van der Waals surface area contributed by atoms with E-state index in [9.17, 15) is 13.2 Å². The Balaban J connectivity index is 1.47. The minimum atomic E-state index is -3.45. The number of carbonyl (C=O) groups is 1. The van der Waals surface area contributed by atoms with Crippen molar-refractivity contribution in [3.63, 3.8) is 0 Å². The molecule has 0 fully saturated rings. The number of hydrogen-bond acceptors (Lipinski definition) is 3. The molecule has 132 valence electrons. The number of nitrogens with zero attached hydrogens (tertiary/aromatic N) is 1. The lowest BCUT2D eigenvalue weighted by atomic mass is 10.2. The predicted molar refractivity (Wildman–Crippen MR) is 98.0 cm³/mol. The molecule has 3 rings (SSSR count). The second-order valence-electron chi connectivity index (χ2n) is 5.86. The third kappa shape index (κ3) is 4.30. The Kier molecular flexibility index (Phi) is 5.23. The molecule has 0 spiro atoms. The highest BCUT2D eigenvalue weighted by Gasteiger charge is 2.28. The zero-order valence-electron chi connectivity index (χ0n) is 13.8. The minimum Gasteiger partial charge on any atom is -0.337 e. The van der Waals surface area contributed by atoms with Crippen LogP contribution >= 0.6 is 0 Å². The van der Waals surface area contributed by atoms with Gasteiger partial charge in [0.25, 0.3) is 0 Å². The summed E-state index contributed by atoms with van der Waals surface area (Å²) >= 11 is 0. The third-order valence-electron chi connectivity index (χ3n) is 4.12. The van der Waals surface area contributed by atoms with Gasteiger partial charge < -0.3 is 10.6 Å². The Morgan fingerprint density at radius 1 is 1.00 bits per heavy atom. The summed E-state index contributed by atoms with van der Waals surface area (Å²) in [5.41, 5.74) is 2.77. The highest BCUT2D eigenvalue weighted by Crippen LogP contribution is 2.29. The number of para-hydroxylation sites is 1. The molecule has 0 atom stereocenters. The molecule has 0 aromatic heterocycles. The molecular formula is C18H21N3O3S. The maximum atomic E-state index is 12.5. The van der Waals surface area contributed by atoms with Crippen molar-refractivity contribution in [1.29, 1.82) is 0 Å². The van der Waals surface area contributed by atoms with Gasteiger partial charge >= 0.3 is 6.03 Å². The van der Waals surface area contributed by atoms with Gasteiger partial charge in [-0.1, -0.05) is 48.5 Å². The van der Waals surface area contributed by atoms with Crippen molar-refractivity contribution in [1.82, 2.24) is 10.6 Å². The number of sulfonamides is 1. The van der Waals surface area contributed by atoms with Crippen molar-refractivity contribution in [3.05, 3.63) is 65.7 Å². The molecule has 2 aromatic rings. The number of carbonyl (C=O) groups excluding carboxylic acids is 1. The van der Waals surface area contributed by atoms with E-state index in [2.05, 4.69) is 10.6 Å². The molecule has 0 bridgehead atoms. The first-order valence-corrected chi connectivity index (χ1v) is 9.81. The van der Waals surface area contributed by atoms with Gasteiger partial charge in [0.1, 0.15) is 0 Å². The normalized spacial score (nSPS) is 13.4. The van der Waals surface area contributed by atoms with Crippen LogP contribution in [-0.4, -0.2) is 33.3 Å². The number of urea groups is 1. The van der Waals surface area contributed by atoms with Crippen molar-refractivity contribution in [3.8, 4) is 0 Å². The van der Waals surface area contributed by atoms with Crippen LogP contribution in [0.3, 0.4) is 0 Å². The molecule has 2 N–H and O–H groups in total. The summed E-state index contributed by atoms with van der Waals surface area (Å²) < 4.78 is 26.5. The topological polar surface area (TPSA) is 78.5 Å². The van der Waals surface area contributed by atoms with Crippen LogP contribution in [0.4, 0.5) is 10.5 Å². The van der Waals surface area contributed by atoms with Gasteiger partial charge in [-0.25, -0.2) is 13.2 Å². The van der Waals surface area contributed by atoms with E-state index in [0.29, 0.717) is 13.1 Å². The van der Waals surface area contributed by atoms with Crippen LogP contribution in [0.5, 0.6) is 0 Å². The quantitative estimate of drug-likeness (QED) is 0.827. The number of rotatable bonds is 6. The van der Waals surface area contributed by atoms with E-state index in [-0.39, 0.29) is 18.3 Å². The van der Waals surface area contributed by atoms with Gasteiger partial charge in [-0.3, -0.25) is 4.31 Å². The van der Waals surface area contributed by atoms with Crippen molar-refractivity contribution in [2.75, 3.05) is 23.1 Å². The number of amides is 2. The van der Waals surface area contributed by atoms with E-state index in [4.69, 9.17) is 0 Å². The summed E-state index contributed by atoms with van der Waals surface area (Å²) in [4.78, 5) is 11.8. The summed E-state index contributed by atoms with van der Waals surface area (Å²) in [6.07, 6.45) is 0.723. The van der Waals surface area contributed by atoms with Crippen LogP contribution < -0.4 is 14.9 Å². The number of hydrogen-bond donors (Lipinski definition) is 2. The molecule has 0 saturated heterocycles. The van der Waals surface area contributed by atoms with E-state index in [1.807, 2.05) is 54.6 Å². The van der Waals surface area contributed by atoms with Crippen molar-refractivity contribution < 1.29 is 13.2 Å². The van der Waals surface area contributed by atoms with Crippen LogP contribution in [-0.2, 0) is 23.0 Å². The van der Waals surface area contributed by atoms with Gasteiger partial charge in [-0.2, -0.15) is 0 Å². The monoisotopic (exact) mass is 359 g/mol. The molecule has 7 heteroatoms. The molecule has 2 amide bonds. The number of nitrogens with one attached hydrogen (secondary N) is 2. The van der Waals surface area contributed by atoms with E-state index in [1.165, 1.54) is 4.31 Å². The van der Waals surface area contributed by atoms with Crippen LogP contribution in [0.25, 0.3) is 0 Å². The molecule has 6 nitrogen and oxygen atoms in total. The van der Waals surface area contributed by atoms with E-state index in [1.54, 1.807) is 0 Å². The maximum Gasteiger partial charge on any atom is 0.315 e. The molecular weight excluding hydrogens is 338 g/mol. The first-order chi connectivity index (χ1) is 12.1. The molecule has 1 heterocycles. The van der Waals surface area contributed by atoms with Gasteiger partial charge in [-0.15, -0.1) is 0 Å². The lowest BCUT2D eigenvalue weighted by molar-refractivity contribution is 0.241. The Morgan fingerprint density at radius 2 is 1.72 bits per heavy atom. The number of benzene rings is 2. The first-order valence-electron chi connectivity index (χ1n) is 8.20. The molecule has 0 unspecified atom stereocenters. The van der Waals surface area contributed by atoms with Gasteiger partial charge in [0.05, 0.1) is 11.4 Å².